The highest BCUT2D eigenvalue weighted by molar-refractivity contribution is 6.07. The molecule has 3 aromatic rings. The van der Waals surface area contributed by atoms with Crippen molar-refractivity contribution in [2.45, 2.75) is 25.7 Å². The van der Waals surface area contributed by atoms with Crippen LogP contribution in [0.25, 0.3) is 10.9 Å². The molecule has 0 saturated carbocycles. The lowest BCUT2D eigenvalue weighted by Crippen LogP contribution is -2.21. The first-order valence-corrected chi connectivity index (χ1v) is 9.29. The first-order valence-electron chi connectivity index (χ1n) is 9.29. The minimum Gasteiger partial charge on any atom is -0.358 e. The van der Waals surface area contributed by atoms with Gasteiger partial charge in [-0.3, -0.25) is 9.59 Å². The molecule has 2 N–H and O–H groups in total. The standard InChI is InChI=1S/C22H23N3O2/c1-25(2)22(27)15-6-5-7-16(12-15)23-21(26)14-10-11-20-18(13-14)17-8-3-4-9-19(17)24-20/h5-7,10-13,24H,3-4,8-9H2,1-2H3,(H,23,26). The molecule has 5 heteroatoms. The van der Waals surface area contributed by atoms with E-state index in [0.717, 1.165) is 23.7 Å². The molecule has 0 aliphatic heterocycles. The van der Waals surface area contributed by atoms with Gasteiger partial charge in [0.25, 0.3) is 11.8 Å². The van der Waals surface area contributed by atoms with E-state index in [1.54, 1.807) is 38.4 Å². The predicted octanol–water partition coefficient (Wildman–Crippen LogP) is 4.00. The van der Waals surface area contributed by atoms with Crippen molar-refractivity contribution in [2.24, 2.45) is 0 Å². The van der Waals surface area contributed by atoms with Crippen LogP contribution in [0.15, 0.2) is 42.5 Å². The van der Waals surface area contributed by atoms with Crippen molar-refractivity contribution in [3.05, 3.63) is 64.8 Å². The van der Waals surface area contributed by atoms with Gasteiger partial charge in [0.2, 0.25) is 0 Å². The van der Waals surface area contributed by atoms with Crippen LogP contribution >= 0.6 is 0 Å². The highest BCUT2D eigenvalue weighted by atomic mass is 16.2. The van der Waals surface area contributed by atoms with Crippen LogP contribution in [0.4, 0.5) is 5.69 Å². The van der Waals surface area contributed by atoms with Crippen molar-refractivity contribution in [3.63, 3.8) is 0 Å². The molecule has 0 atom stereocenters. The van der Waals surface area contributed by atoms with E-state index in [1.807, 2.05) is 18.2 Å². The lowest BCUT2D eigenvalue weighted by atomic mass is 9.95. The lowest BCUT2D eigenvalue weighted by Gasteiger charge is -2.12. The van der Waals surface area contributed by atoms with Crippen molar-refractivity contribution in [2.75, 3.05) is 19.4 Å². The Morgan fingerprint density at radius 1 is 1.00 bits per heavy atom. The van der Waals surface area contributed by atoms with Gasteiger partial charge in [-0.25, -0.2) is 0 Å². The topological polar surface area (TPSA) is 65.2 Å². The zero-order chi connectivity index (χ0) is 19.0. The second-order valence-electron chi connectivity index (χ2n) is 7.28. The molecule has 0 bridgehead atoms. The second-order valence-corrected chi connectivity index (χ2v) is 7.28. The van der Waals surface area contributed by atoms with Gasteiger partial charge in [-0.1, -0.05) is 6.07 Å². The summed E-state index contributed by atoms with van der Waals surface area (Å²) in [7, 11) is 3.42. The maximum absolute atomic E-state index is 12.7. The van der Waals surface area contributed by atoms with E-state index < -0.39 is 0 Å². The Labute approximate surface area is 158 Å². The monoisotopic (exact) mass is 361 g/mol. The number of carbonyl (C=O) groups is 2. The molecule has 0 saturated heterocycles. The SMILES string of the molecule is CN(C)C(=O)c1cccc(NC(=O)c2ccc3[nH]c4c(c3c2)CCCC4)c1. The normalized spacial score (nSPS) is 13.3. The molecular weight excluding hydrogens is 338 g/mol. The number of benzene rings is 2. The number of aromatic nitrogens is 1. The van der Waals surface area contributed by atoms with E-state index in [9.17, 15) is 9.59 Å². The molecule has 5 nitrogen and oxygen atoms in total. The number of aryl methyl sites for hydroxylation is 2. The van der Waals surface area contributed by atoms with Crippen LogP contribution in [-0.4, -0.2) is 35.8 Å². The van der Waals surface area contributed by atoms with Gasteiger partial charge in [0, 0.05) is 47.5 Å². The largest absolute Gasteiger partial charge is 0.358 e. The fourth-order valence-electron chi connectivity index (χ4n) is 3.74. The number of H-pyrrole nitrogens is 1. The highest BCUT2D eigenvalue weighted by Crippen LogP contribution is 2.30. The molecule has 27 heavy (non-hydrogen) atoms. The van der Waals surface area contributed by atoms with E-state index in [0.29, 0.717) is 16.8 Å². The van der Waals surface area contributed by atoms with Crippen LogP contribution in [0.2, 0.25) is 0 Å². The average Bonchev–Trinajstić information content (AvgIpc) is 3.05. The van der Waals surface area contributed by atoms with Gasteiger partial charge < -0.3 is 15.2 Å². The summed E-state index contributed by atoms with van der Waals surface area (Å²) in [6, 6.07) is 12.8. The molecule has 1 aromatic heterocycles. The van der Waals surface area contributed by atoms with Crippen molar-refractivity contribution in [3.8, 4) is 0 Å². The molecule has 4 rings (SSSR count). The summed E-state index contributed by atoms with van der Waals surface area (Å²) >= 11 is 0. The average molecular weight is 361 g/mol. The maximum Gasteiger partial charge on any atom is 0.255 e. The quantitative estimate of drug-likeness (QED) is 0.740. The first kappa shape index (κ1) is 17.3. The number of aromatic amines is 1. The fraction of sp³-hybridized carbons (Fsp3) is 0.273. The van der Waals surface area contributed by atoms with Crippen LogP contribution < -0.4 is 5.32 Å². The van der Waals surface area contributed by atoms with E-state index in [4.69, 9.17) is 0 Å². The number of nitrogens with zero attached hydrogens (tertiary/aromatic N) is 1. The first-order chi connectivity index (χ1) is 13.0. The number of nitrogens with one attached hydrogen (secondary N) is 2. The Morgan fingerprint density at radius 3 is 2.63 bits per heavy atom. The summed E-state index contributed by atoms with van der Waals surface area (Å²) in [4.78, 5) is 29.9. The van der Waals surface area contributed by atoms with Crippen molar-refractivity contribution in [1.29, 1.82) is 0 Å². The van der Waals surface area contributed by atoms with E-state index in [2.05, 4.69) is 10.3 Å². The van der Waals surface area contributed by atoms with Crippen LogP contribution in [-0.2, 0) is 12.8 Å². The molecule has 0 fully saturated rings. The number of amides is 2. The predicted molar refractivity (Wildman–Crippen MR) is 107 cm³/mol. The number of hydrogen-bond acceptors (Lipinski definition) is 2. The third-order valence-electron chi connectivity index (χ3n) is 5.13. The molecular formula is C22H23N3O2. The van der Waals surface area contributed by atoms with E-state index in [1.165, 1.54) is 29.0 Å². The van der Waals surface area contributed by atoms with Gasteiger partial charge in [-0.2, -0.15) is 0 Å². The van der Waals surface area contributed by atoms with Gasteiger partial charge in [0.15, 0.2) is 0 Å². The Morgan fingerprint density at radius 2 is 1.81 bits per heavy atom. The molecule has 138 valence electrons. The van der Waals surface area contributed by atoms with Crippen LogP contribution in [0.3, 0.4) is 0 Å². The smallest absolute Gasteiger partial charge is 0.255 e. The minimum atomic E-state index is -0.169. The van der Waals surface area contributed by atoms with Gasteiger partial charge in [0.05, 0.1) is 0 Å². The lowest BCUT2D eigenvalue weighted by molar-refractivity contribution is 0.0827. The second kappa shape index (κ2) is 6.91. The summed E-state index contributed by atoms with van der Waals surface area (Å²) in [6.45, 7) is 0. The number of rotatable bonds is 3. The zero-order valence-electron chi connectivity index (χ0n) is 15.6. The third-order valence-corrected chi connectivity index (χ3v) is 5.13. The number of hydrogen-bond donors (Lipinski definition) is 2. The summed E-state index contributed by atoms with van der Waals surface area (Å²) in [6.07, 6.45) is 4.56. The molecule has 0 unspecified atom stereocenters. The minimum absolute atomic E-state index is 0.0912. The number of fused-ring (bicyclic) bond motifs is 3. The number of carbonyl (C=O) groups excluding carboxylic acids is 2. The summed E-state index contributed by atoms with van der Waals surface area (Å²) in [5, 5.41) is 4.06. The molecule has 1 aliphatic carbocycles. The fourth-order valence-corrected chi connectivity index (χ4v) is 3.74. The van der Waals surface area contributed by atoms with Gasteiger partial charge in [0.1, 0.15) is 0 Å². The zero-order valence-corrected chi connectivity index (χ0v) is 15.6. The van der Waals surface area contributed by atoms with Crippen LogP contribution in [0.1, 0.15) is 44.8 Å². The van der Waals surface area contributed by atoms with Crippen molar-refractivity contribution >= 4 is 28.4 Å². The molecule has 1 heterocycles. The third kappa shape index (κ3) is 3.33. The highest BCUT2D eigenvalue weighted by Gasteiger charge is 2.17. The molecule has 2 aromatic carbocycles. The Balaban J connectivity index is 1.60. The van der Waals surface area contributed by atoms with Gasteiger partial charge >= 0.3 is 0 Å². The summed E-state index contributed by atoms with van der Waals surface area (Å²) in [5.74, 6) is -0.261. The van der Waals surface area contributed by atoms with Gasteiger partial charge in [-0.15, -0.1) is 0 Å². The number of anilines is 1. The van der Waals surface area contributed by atoms with Gasteiger partial charge in [-0.05, 0) is 67.6 Å². The summed E-state index contributed by atoms with van der Waals surface area (Å²) in [5.41, 5.74) is 5.54. The van der Waals surface area contributed by atoms with Crippen molar-refractivity contribution < 1.29 is 9.59 Å². The maximum atomic E-state index is 12.7. The van der Waals surface area contributed by atoms with Crippen LogP contribution in [0, 0.1) is 0 Å². The summed E-state index contributed by atoms with van der Waals surface area (Å²) < 4.78 is 0. The Hall–Kier alpha value is -3.08. The van der Waals surface area contributed by atoms with Crippen molar-refractivity contribution in [1.82, 2.24) is 9.88 Å². The Bertz CT molecular complexity index is 1030. The molecule has 0 radical (unpaired) electrons. The van der Waals surface area contributed by atoms with E-state index >= 15 is 0 Å². The van der Waals surface area contributed by atoms with Crippen LogP contribution in [0.5, 0.6) is 0 Å². The van der Waals surface area contributed by atoms with E-state index in [-0.39, 0.29) is 11.8 Å². The molecule has 2 amide bonds. The molecule has 0 spiro atoms. The molecule has 1 aliphatic rings. The Kier molecular flexibility index (Phi) is 4.44.